The van der Waals surface area contributed by atoms with Crippen LogP contribution in [0.5, 0.6) is 0 Å². The van der Waals surface area contributed by atoms with Gasteiger partial charge in [-0.05, 0) is 55.6 Å². The third kappa shape index (κ3) is 2.85. The number of carboxylic acid groups (broad SMARTS) is 1. The molecule has 0 saturated carbocycles. The molecule has 1 aromatic carbocycles. The van der Waals surface area contributed by atoms with E-state index in [1.54, 1.807) is 11.3 Å². The summed E-state index contributed by atoms with van der Waals surface area (Å²) >= 11 is 1.74. The van der Waals surface area contributed by atoms with Gasteiger partial charge >= 0.3 is 5.97 Å². The molecule has 5 heteroatoms. The minimum Gasteiger partial charge on any atom is -0.481 e. The Hall–Kier alpha value is -2.11. The molecule has 3 aromatic rings. The number of para-hydroxylation sites is 1. The zero-order valence-electron chi connectivity index (χ0n) is 13.4. The Morgan fingerprint density at radius 1 is 1.17 bits per heavy atom. The van der Waals surface area contributed by atoms with E-state index in [9.17, 15) is 4.79 Å². The van der Waals surface area contributed by atoms with Crippen LogP contribution in [0.2, 0.25) is 0 Å². The predicted molar refractivity (Wildman–Crippen MR) is 96.8 cm³/mol. The fourth-order valence-electron chi connectivity index (χ4n) is 3.55. The van der Waals surface area contributed by atoms with Gasteiger partial charge < -0.3 is 9.67 Å². The third-order valence-electron chi connectivity index (χ3n) is 4.84. The second kappa shape index (κ2) is 6.42. The quantitative estimate of drug-likeness (QED) is 0.781. The van der Waals surface area contributed by atoms with Crippen molar-refractivity contribution in [2.75, 3.05) is 13.1 Å². The smallest absolute Gasteiger partial charge is 0.306 e. The van der Waals surface area contributed by atoms with Crippen LogP contribution in [0.1, 0.15) is 18.5 Å². The van der Waals surface area contributed by atoms with Gasteiger partial charge in [0.2, 0.25) is 0 Å². The molecule has 2 aromatic heterocycles. The molecule has 1 N–H and O–H groups in total. The van der Waals surface area contributed by atoms with Gasteiger partial charge in [0.15, 0.2) is 0 Å². The number of carboxylic acids is 1. The van der Waals surface area contributed by atoms with Crippen LogP contribution in [0.25, 0.3) is 15.9 Å². The van der Waals surface area contributed by atoms with E-state index in [0.29, 0.717) is 0 Å². The molecule has 124 valence electrons. The minimum atomic E-state index is -0.651. The number of aliphatic carboxylic acids is 1. The second-order valence-electron chi connectivity index (χ2n) is 6.37. The fraction of sp³-hybridized carbons (Fsp3) is 0.316. The number of benzene rings is 1. The van der Waals surface area contributed by atoms with E-state index in [4.69, 9.17) is 5.11 Å². The Bertz CT molecular complexity index is 846. The zero-order valence-corrected chi connectivity index (χ0v) is 14.2. The van der Waals surface area contributed by atoms with Crippen LogP contribution >= 0.6 is 11.3 Å². The van der Waals surface area contributed by atoms with Crippen LogP contribution in [0, 0.1) is 5.92 Å². The topological polar surface area (TPSA) is 45.5 Å². The number of rotatable bonds is 4. The molecule has 1 aliphatic rings. The second-order valence-corrected chi connectivity index (χ2v) is 7.30. The maximum Gasteiger partial charge on any atom is 0.306 e. The van der Waals surface area contributed by atoms with E-state index in [0.717, 1.165) is 32.5 Å². The summed E-state index contributed by atoms with van der Waals surface area (Å²) in [6, 6.07) is 15.0. The SMILES string of the molecule is O=C(O)C1CCN(Cc2cc3ccccc3n2-c2cccs2)CC1. The molecule has 0 amide bonds. The number of carbonyl (C=O) groups is 1. The van der Waals surface area contributed by atoms with Gasteiger partial charge in [-0.25, -0.2) is 0 Å². The van der Waals surface area contributed by atoms with Gasteiger partial charge in [0, 0.05) is 17.6 Å². The van der Waals surface area contributed by atoms with Crippen molar-refractivity contribution in [1.82, 2.24) is 9.47 Å². The molecular weight excluding hydrogens is 320 g/mol. The Morgan fingerprint density at radius 2 is 1.96 bits per heavy atom. The first-order valence-electron chi connectivity index (χ1n) is 8.31. The van der Waals surface area contributed by atoms with Crippen molar-refractivity contribution < 1.29 is 9.90 Å². The van der Waals surface area contributed by atoms with Crippen LogP contribution in [0.15, 0.2) is 47.8 Å². The lowest BCUT2D eigenvalue weighted by atomic mass is 9.97. The number of hydrogen-bond donors (Lipinski definition) is 1. The molecule has 4 rings (SSSR count). The lowest BCUT2D eigenvalue weighted by Crippen LogP contribution is -2.36. The first kappa shape index (κ1) is 15.4. The highest BCUT2D eigenvalue weighted by Crippen LogP contribution is 2.29. The highest BCUT2D eigenvalue weighted by molar-refractivity contribution is 7.12. The van der Waals surface area contributed by atoms with Crippen molar-refractivity contribution in [3.05, 3.63) is 53.5 Å². The minimum absolute atomic E-state index is 0.176. The van der Waals surface area contributed by atoms with Crippen LogP contribution in [0.3, 0.4) is 0 Å². The lowest BCUT2D eigenvalue weighted by molar-refractivity contribution is -0.143. The molecule has 0 aliphatic carbocycles. The third-order valence-corrected chi connectivity index (χ3v) is 5.69. The summed E-state index contributed by atoms with van der Waals surface area (Å²) in [7, 11) is 0. The highest BCUT2D eigenvalue weighted by Gasteiger charge is 2.25. The van der Waals surface area contributed by atoms with E-state index in [1.165, 1.54) is 21.6 Å². The molecule has 24 heavy (non-hydrogen) atoms. The average Bonchev–Trinajstić information content (AvgIpc) is 3.22. The molecule has 1 fully saturated rings. The number of fused-ring (bicyclic) bond motifs is 1. The summed E-state index contributed by atoms with van der Waals surface area (Å²) < 4.78 is 2.34. The standard InChI is InChI=1S/C19H20N2O2S/c22-19(23)14-7-9-20(10-8-14)13-16-12-15-4-1-2-5-17(15)21(16)18-6-3-11-24-18/h1-6,11-12,14H,7-10,13H2,(H,22,23). The number of hydrogen-bond acceptors (Lipinski definition) is 3. The van der Waals surface area contributed by atoms with Crippen molar-refractivity contribution >= 4 is 28.2 Å². The summed E-state index contributed by atoms with van der Waals surface area (Å²) in [5.74, 6) is -0.827. The van der Waals surface area contributed by atoms with Gasteiger partial charge in [-0.2, -0.15) is 0 Å². The Balaban J connectivity index is 1.63. The van der Waals surface area contributed by atoms with Crippen molar-refractivity contribution in [3.63, 3.8) is 0 Å². The number of likely N-dealkylation sites (tertiary alicyclic amines) is 1. The van der Waals surface area contributed by atoms with Crippen molar-refractivity contribution in [2.24, 2.45) is 5.92 Å². The molecule has 4 nitrogen and oxygen atoms in total. The first-order chi connectivity index (χ1) is 11.7. The summed E-state index contributed by atoms with van der Waals surface area (Å²) in [4.78, 5) is 13.5. The maximum absolute atomic E-state index is 11.1. The van der Waals surface area contributed by atoms with E-state index in [-0.39, 0.29) is 5.92 Å². The van der Waals surface area contributed by atoms with Crippen molar-refractivity contribution in [1.29, 1.82) is 0 Å². The molecule has 0 atom stereocenters. The summed E-state index contributed by atoms with van der Waals surface area (Å²) in [6.45, 7) is 2.56. The van der Waals surface area contributed by atoms with Crippen LogP contribution in [-0.2, 0) is 11.3 Å². The van der Waals surface area contributed by atoms with Crippen LogP contribution in [-0.4, -0.2) is 33.6 Å². The molecule has 1 saturated heterocycles. The fourth-order valence-corrected chi connectivity index (χ4v) is 4.33. The van der Waals surface area contributed by atoms with Gasteiger partial charge in [-0.15, -0.1) is 11.3 Å². The summed E-state index contributed by atoms with van der Waals surface area (Å²) in [5.41, 5.74) is 2.50. The maximum atomic E-state index is 11.1. The molecule has 1 aliphatic heterocycles. The number of nitrogens with zero attached hydrogens (tertiary/aromatic N) is 2. The van der Waals surface area contributed by atoms with Gasteiger partial charge in [0.25, 0.3) is 0 Å². The first-order valence-corrected chi connectivity index (χ1v) is 9.19. The van der Waals surface area contributed by atoms with E-state index in [1.807, 2.05) is 0 Å². The van der Waals surface area contributed by atoms with Crippen molar-refractivity contribution in [2.45, 2.75) is 19.4 Å². The molecule has 0 radical (unpaired) electrons. The van der Waals surface area contributed by atoms with E-state index < -0.39 is 5.97 Å². The molecule has 0 spiro atoms. The molecule has 0 bridgehead atoms. The van der Waals surface area contributed by atoms with E-state index in [2.05, 4.69) is 57.3 Å². The zero-order chi connectivity index (χ0) is 16.5. The monoisotopic (exact) mass is 340 g/mol. The van der Waals surface area contributed by atoms with Crippen LogP contribution < -0.4 is 0 Å². The molecule has 0 unspecified atom stereocenters. The van der Waals surface area contributed by atoms with Gasteiger partial charge in [-0.3, -0.25) is 9.69 Å². The largest absolute Gasteiger partial charge is 0.481 e. The average molecular weight is 340 g/mol. The normalized spacial score (nSPS) is 16.7. The predicted octanol–water partition coefficient (Wildman–Crippen LogP) is 3.99. The van der Waals surface area contributed by atoms with Gasteiger partial charge in [0.1, 0.15) is 0 Å². The summed E-state index contributed by atoms with van der Waals surface area (Å²) in [5, 5.41) is 13.7. The Morgan fingerprint density at radius 3 is 2.67 bits per heavy atom. The summed E-state index contributed by atoms with van der Waals surface area (Å²) in [6.07, 6.45) is 1.49. The Kier molecular flexibility index (Phi) is 4.12. The molecular formula is C19H20N2O2S. The highest BCUT2D eigenvalue weighted by atomic mass is 32.1. The molecule has 3 heterocycles. The van der Waals surface area contributed by atoms with E-state index >= 15 is 0 Å². The van der Waals surface area contributed by atoms with Gasteiger partial charge in [-0.1, -0.05) is 18.2 Å². The Labute approximate surface area is 144 Å². The number of thiophene rings is 1. The lowest BCUT2D eigenvalue weighted by Gasteiger charge is -2.30. The number of piperidine rings is 1. The van der Waals surface area contributed by atoms with Gasteiger partial charge in [0.05, 0.1) is 16.4 Å². The number of aromatic nitrogens is 1. The van der Waals surface area contributed by atoms with Crippen molar-refractivity contribution in [3.8, 4) is 5.00 Å². The van der Waals surface area contributed by atoms with Crippen LogP contribution in [0.4, 0.5) is 0 Å².